The molecule has 126 valence electrons. The van der Waals surface area contributed by atoms with Gasteiger partial charge in [0.15, 0.2) is 0 Å². The second kappa shape index (κ2) is 10.0. The number of rotatable bonds is 11. The maximum absolute atomic E-state index is 13.4. The Morgan fingerprint density at radius 2 is 1.18 bits per heavy atom. The molecule has 0 spiro atoms. The molecule has 0 heterocycles. The fraction of sp³-hybridized carbons (Fsp3) is 0.625. The molecule has 0 saturated heterocycles. The smallest absolute Gasteiger partial charge is 0.373 e. The average molecular weight is 332 g/mol. The van der Waals surface area contributed by atoms with Gasteiger partial charge >= 0.3 is 8.80 Å². The predicted molar refractivity (Wildman–Crippen MR) is 84.5 cm³/mol. The van der Waals surface area contributed by atoms with Crippen molar-refractivity contribution in [2.24, 2.45) is 0 Å². The number of hydrogen-bond acceptors (Lipinski definition) is 3. The fourth-order valence-electron chi connectivity index (χ4n) is 2.01. The summed E-state index contributed by atoms with van der Waals surface area (Å²) in [5, 5.41) is 0. The summed E-state index contributed by atoms with van der Waals surface area (Å²) in [5.41, 5.74) is 0.507. The molecular weight excluding hydrogens is 306 g/mol. The molecule has 0 atom stereocenters. The maximum Gasteiger partial charge on any atom is 0.505 e. The van der Waals surface area contributed by atoms with E-state index in [2.05, 4.69) is 0 Å². The molecule has 0 aliphatic carbocycles. The summed E-state index contributed by atoms with van der Waals surface area (Å²) < 4.78 is 44.6. The Morgan fingerprint density at radius 1 is 0.773 bits per heavy atom. The van der Waals surface area contributed by atoms with Crippen LogP contribution in [-0.4, -0.2) is 28.6 Å². The molecule has 3 nitrogen and oxygen atoms in total. The Balaban J connectivity index is 2.97. The molecule has 0 aliphatic rings. The van der Waals surface area contributed by atoms with Crippen molar-refractivity contribution in [3.63, 3.8) is 0 Å². The Kier molecular flexibility index (Phi) is 8.78. The van der Waals surface area contributed by atoms with E-state index in [0.717, 1.165) is 25.3 Å². The fourth-order valence-corrected chi connectivity index (χ4v) is 4.82. The van der Waals surface area contributed by atoms with Gasteiger partial charge in [0.2, 0.25) is 0 Å². The summed E-state index contributed by atoms with van der Waals surface area (Å²) in [6.07, 6.45) is 2.49. The highest BCUT2D eigenvalue weighted by molar-refractivity contribution is 6.60. The van der Waals surface area contributed by atoms with Crippen LogP contribution >= 0.6 is 0 Å². The van der Waals surface area contributed by atoms with Crippen LogP contribution in [0.3, 0.4) is 0 Å². The molecule has 0 aromatic heterocycles. The van der Waals surface area contributed by atoms with Crippen molar-refractivity contribution < 1.29 is 22.1 Å². The van der Waals surface area contributed by atoms with E-state index in [1.807, 2.05) is 20.8 Å². The standard InChI is InChI=1S/C16H26F2O3Si/c1-4-7-19-22(20-8-5-2,21-9-6-3)13-14-10-15(17)12-16(18)11-14/h10-12H,4-9,13H2,1-3H3. The summed E-state index contributed by atoms with van der Waals surface area (Å²) in [5.74, 6) is -1.20. The van der Waals surface area contributed by atoms with Gasteiger partial charge < -0.3 is 13.3 Å². The lowest BCUT2D eigenvalue weighted by atomic mass is 10.2. The number of benzene rings is 1. The van der Waals surface area contributed by atoms with Crippen LogP contribution in [0.15, 0.2) is 18.2 Å². The van der Waals surface area contributed by atoms with Crippen LogP contribution in [0.25, 0.3) is 0 Å². The van der Waals surface area contributed by atoms with Gasteiger partial charge in [-0.15, -0.1) is 0 Å². The Hall–Kier alpha value is -0.823. The lowest BCUT2D eigenvalue weighted by molar-refractivity contribution is 0.0583. The topological polar surface area (TPSA) is 27.7 Å². The van der Waals surface area contributed by atoms with E-state index in [9.17, 15) is 8.78 Å². The zero-order valence-corrected chi connectivity index (χ0v) is 14.7. The minimum absolute atomic E-state index is 0.279. The molecular formula is C16H26F2O3Si. The highest BCUT2D eigenvalue weighted by Gasteiger charge is 2.41. The van der Waals surface area contributed by atoms with E-state index < -0.39 is 20.4 Å². The van der Waals surface area contributed by atoms with E-state index in [4.69, 9.17) is 13.3 Å². The van der Waals surface area contributed by atoms with E-state index >= 15 is 0 Å². The molecule has 22 heavy (non-hydrogen) atoms. The SMILES string of the molecule is CCCO[Si](Cc1cc(F)cc(F)c1)(OCCC)OCCC. The quantitative estimate of drug-likeness (QED) is 0.567. The monoisotopic (exact) mass is 332 g/mol. The first-order chi connectivity index (χ1) is 10.5. The lowest BCUT2D eigenvalue weighted by Crippen LogP contribution is -2.49. The summed E-state index contributed by atoms with van der Waals surface area (Å²) >= 11 is 0. The first-order valence-electron chi connectivity index (χ1n) is 7.92. The van der Waals surface area contributed by atoms with E-state index in [0.29, 0.717) is 25.4 Å². The molecule has 1 aromatic carbocycles. The molecule has 0 aliphatic heterocycles. The minimum atomic E-state index is -2.98. The first-order valence-corrected chi connectivity index (χ1v) is 9.85. The van der Waals surface area contributed by atoms with Gasteiger partial charge in [-0.25, -0.2) is 8.78 Å². The molecule has 0 radical (unpaired) electrons. The van der Waals surface area contributed by atoms with E-state index in [1.165, 1.54) is 12.1 Å². The molecule has 1 rings (SSSR count). The highest BCUT2D eigenvalue weighted by Crippen LogP contribution is 2.20. The first kappa shape index (κ1) is 19.2. The molecule has 0 saturated carbocycles. The van der Waals surface area contributed by atoms with Crippen LogP contribution in [0.2, 0.25) is 0 Å². The Bertz CT molecular complexity index is 401. The van der Waals surface area contributed by atoms with Crippen LogP contribution in [-0.2, 0) is 19.3 Å². The average Bonchev–Trinajstić information content (AvgIpc) is 2.47. The lowest BCUT2D eigenvalue weighted by Gasteiger charge is -2.29. The summed E-state index contributed by atoms with van der Waals surface area (Å²) in [6.45, 7) is 7.54. The Labute approximate surface area is 133 Å². The summed E-state index contributed by atoms with van der Waals surface area (Å²) in [7, 11) is -2.98. The van der Waals surface area contributed by atoms with Gasteiger partial charge in [-0.05, 0) is 37.0 Å². The van der Waals surface area contributed by atoms with E-state index in [-0.39, 0.29) is 6.04 Å². The van der Waals surface area contributed by atoms with Crippen molar-refractivity contribution >= 4 is 8.80 Å². The van der Waals surface area contributed by atoms with Gasteiger partial charge in [-0.1, -0.05) is 20.8 Å². The third-order valence-corrected chi connectivity index (χ3v) is 5.69. The number of hydrogen-bond donors (Lipinski definition) is 0. The van der Waals surface area contributed by atoms with Crippen LogP contribution in [0.1, 0.15) is 45.6 Å². The molecule has 0 N–H and O–H groups in total. The second-order valence-corrected chi connectivity index (χ2v) is 7.77. The van der Waals surface area contributed by atoms with Crippen LogP contribution in [0.5, 0.6) is 0 Å². The molecule has 0 amide bonds. The minimum Gasteiger partial charge on any atom is -0.373 e. The molecule has 0 unspecified atom stereocenters. The van der Waals surface area contributed by atoms with Gasteiger partial charge in [-0.2, -0.15) is 0 Å². The predicted octanol–water partition coefficient (Wildman–Crippen LogP) is 4.27. The normalized spacial score (nSPS) is 11.9. The van der Waals surface area contributed by atoms with Gasteiger partial charge in [0.1, 0.15) is 11.6 Å². The second-order valence-electron chi connectivity index (χ2n) is 5.18. The van der Waals surface area contributed by atoms with Crippen molar-refractivity contribution in [2.45, 2.75) is 46.1 Å². The summed E-state index contributed by atoms with van der Waals surface area (Å²) in [4.78, 5) is 0. The van der Waals surface area contributed by atoms with Crippen molar-refractivity contribution in [2.75, 3.05) is 19.8 Å². The number of halogens is 2. The van der Waals surface area contributed by atoms with Gasteiger partial charge in [0, 0.05) is 31.9 Å². The van der Waals surface area contributed by atoms with Crippen molar-refractivity contribution in [1.82, 2.24) is 0 Å². The highest BCUT2D eigenvalue weighted by atomic mass is 28.4. The third-order valence-electron chi connectivity index (χ3n) is 2.92. The zero-order chi connectivity index (χ0) is 16.4. The molecule has 1 aromatic rings. The van der Waals surface area contributed by atoms with Gasteiger partial charge in [-0.3, -0.25) is 0 Å². The molecule has 6 heteroatoms. The van der Waals surface area contributed by atoms with Crippen LogP contribution < -0.4 is 0 Å². The maximum atomic E-state index is 13.4. The van der Waals surface area contributed by atoms with Gasteiger partial charge in [0.05, 0.1) is 0 Å². The molecule has 0 bridgehead atoms. The zero-order valence-electron chi connectivity index (χ0n) is 13.7. The van der Waals surface area contributed by atoms with E-state index in [1.54, 1.807) is 0 Å². The van der Waals surface area contributed by atoms with Crippen LogP contribution in [0, 0.1) is 11.6 Å². The van der Waals surface area contributed by atoms with Gasteiger partial charge in [0.25, 0.3) is 0 Å². The van der Waals surface area contributed by atoms with Crippen molar-refractivity contribution in [3.8, 4) is 0 Å². The van der Waals surface area contributed by atoms with Crippen molar-refractivity contribution in [3.05, 3.63) is 35.4 Å². The molecule has 0 fully saturated rings. The summed E-state index contributed by atoms with van der Waals surface area (Å²) in [6, 6.07) is 3.76. The Morgan fingerprint density at radius 3 is 1.55 bits per heavy atom. The van der Waals surface area contributed by atoms with Crippen molar-refractivity contribution in [1.29, 1.82) is 0 Å². The van der Waals surface area contributed by atoms with Crippen LogP contribution in [0.4, 0.5) is 8.78 Å². The largest absolute Gasteiger partial charge is 0.505 e. The third kappa shape index (κ3) is 6.52.